The number of anilines is 2. The molecule has 0 unspecified atom stereocenters. The number of alkyl halides is 3. The Labute approximate surface area is 154 Å². The van der Waals surface area contributed by atoms with E-state index in [4.69, 9.17) is 0 Å². The third-order valence-corrected chi connectivity index (χ3v) is 5.47. The average molecular weight is 398 g/mol. The summed E-state index contributed by atoms with van der Waals surface area (Å²) in [6.45, 7) is 0.406. The lowest BCUT2D eigenvalue weighted by atomic mass is 10.0. The van der Waals surface area contributed by atoms with Crippen molar-refractivity contribution in [2.45, 2.75) is 19.0 Å². The van der Waals surface area contributed by atoms with Crippen LogP contribution in [0.4, 0.5) is 24.5 Å². The molecule has 2 aromatic rings. The van der Waals surface area contributed by atoms with Crippen LogP contribution in [0.2, 0.25) is 0 Å². The maximum Gasteiger partial charge on any atom is 0.416 e. The maximum atomic E-state index is 12.6. The number of nitrogens with zero attached hydrogens (tertiary/aromatic N) is 1. The number of carbonyl (C=O) groups is 1. The van der Waals surface area contributed by atoms with Crippen molar-refractivity contribution in [3.8, 4) is 0 Å². The average Bonchev–Trinajstić information content (AvgIpc) is 2.59. The van der Waals surface area contributed by atoms with Crippen LogP contribution < -0.4 is 9.62 Å². The van der Waals surface area contributed by atoms with Crippen molar-refractivity contribution in [1.82, 2.24) is 0 Å². The molecule has 3 rings (SSSR count). The molecule has 1 amide bonds. The Morgan fingerprint density at radius 3 is 2.37 bits per heavy atom. The molecule has 27 heavy (non-hydrogen) atoms. The van der Waals surface area contributed by atoms with Gasteiger partial charge < -0.3 is 5.32 Å². The van der Waals surface area contributed by atoms with Crippen molar-refractivity contribution in [3.05, 3.63) is 59.2 Å². The van der Waals surface area contributed by atoms with Gasteiger partial charge >= 0.3 is 6.18 Å². The van der Waals surface area contributed by atoms with E-state index in [1.54, 1.807) is 18.2 Å². The molecular weight excluding hydrogens is 381 g/mol. The van der Waals surface area contributed by atoms with E-state index in [1.165, 1.54) is 4.31 Å². The van der Waals surface area contributed by atoms with Crippen molar-refractivity contribution < 1.29 is 26.4 Å². The summed E-state index contributed by atoms with van der Waals surface area (Å²) in [5.74, 6) is -0.542. The molecule has 0 aromatic heterocycles. The lowest BCUT2D eigenvalue weighted by molar-refractivity contribution is -0.137. The van der Waals surface area contributed by atoms with E-state index in [-0.39, 0.29) is 5.56 Å². The molecule has 1 aliphatic heterocycles. The second kappa shape index (κ2) is 6.88. The molecule has 0 saturated heterocycles. The quantitative estimate of drug-likeness (QED) is 0.858. The molecular formula is C18H17F3N2O3S. The Morgan fingerprint density at radius 2 is 1.78 bits per heavy atom. The zero-order valence-electron chi connectivity index (χ0n) is 14.4. The van der Waals surface area contributed by atoms with Gasteiger partial charge in [-0.2, -0.15) is 13.2 Å². The van der Waals surface area contributed by atoms with Crippen molar-refractivity contribution in [2.24, 2.45) is 0 Å². The lowest BCUT2D eigenvalue weighted by Crippen LogP contribution is -2.34. The van der Waals surface area contributed by atoms with Gasteiger partial charge in [-0.3, -0.25) is 9.10 Å². The molecule has 0 bridgehead atoms. The number of amides is 1. The van der Waals surface area contributed by atoms with Gasteiger partial charge in [-0.05, 0) is 60.9 Å². The number of nitrogens with one attached hydrogen (secondary N) is 1. The van der Waals surface area contributed by atoms with Crippen LogP contribution in [0.1, 0.15) is 27.9 Å². The van der Waals surface area contributed by atoms with Crippen LogP contribution >= 0.6 is 0 Å². The minimum Gasteiger partial charge on any atom is -0.322 e. The first-order valence-corrected chi connectivity index (χ1v) is 10.00. The number of halogens is 3. The van der Waals surface area contributed by atoms with Crippen molar-refractivity contribution in [3.63, 3.8) is 0 Å². The Morgan fingerprint density at radius 1 is 1.11 bits per heavy atom. The van der Waals surface area contributed by atoms with Gasteiger partial charge in [0.05, 0.1) is 17.5 Å². The molecule has 1 heterocycles. The molecule has 2 aromatic carbocycles. The van der Waals surface area contributed by atoms with Crippen LogP contribution in [0.5, 0.6) is 0 Å². The molecule has 0 fully saturated rings. The number of hydrogen-bond acceptors (Lipinski definition) is 3. The smallest absolute Gasteiger partial charge is 0.322 e. The van der Waals surface area contributed by atoms with Crippen LogP contribution in [0.15, 0.2) is 42.5 Å². The fraction of sp³-hybridized carbons (Fsp3) is 0.278. The zero-order valence-corrected chi connectivity index (χ0v) is 15.2. The van der Waals surface area contributed by atoms with Crippen LogP contribution in [-0.2, 0) is 22.6 Å². The van der Waals surface area contributed by atoms with Gasteiger partial charge in [0.15, 0.2) is 0 Å². The number of carbonyl (C=O) groups excluding carboxylic acids is 1. The first-order valence-electron chi connectivity index (χ1n) is 8.15. The minimum atomic E-state index is -4.46. The van der Waals surface area contributed by atoms with Crippen LogP contribution in [0, 0.1) is 0 Å². The lowest BCUT2D eigenvalue weighted by Gasteiger charge is -2.29. The first kappa shape index (κ1) is 19.2. The Bertz CT molecular complexity index is 970. The van der Waals surface area contributed by atoms with Crippen molar-refractivity contribution in [1.29, 1.82) is 0 Å². The summed E-state index contributed by atoms with van der Waals surface area (Å²) >= 11 is 0. The minimum absolute atomic E-state index is 0.0958. The summed E-state index contributed by atoms with van der Waals surface area (Å²) in [6, 6.07) is 8.82. The summed E-state index contributed by atoms with van der Waals surface area (Å²) in [7, 11) is -3.38. The van der Waals surface area contributed by atoms with Crippen molar-refractivity contribution >= 4 is 27.3 Å². The van der Waals surface area contributed by atoms with Gasteiger partial charge in [-0.25, -0.2) is 8.42 Å². The van der Waals surface area contributed by atoms with Gasteiger partial charge in [-0.15, -0.1) is 0 Å². The molecule has 0 spiro atoms. The van der Waals surface area contributed by atoms with Gasteiger partial charge in [0, 0.05) is 17.8 Å². The highest BCUT2D eigenvalue weighted by molar-refractivity contribution is 7.92. The van der Waals surface area contributed by atoms with Gasteiger partial charge in [0.25, 0.3) is 5.91 Å². The number of aryl methyl sites for hydroxylation is 1. The highest BCUT2D eigenvalue weighted by Crippen LogP contribution is 2.32. The Hall–Kier alpha value is -2.55. The zero-order chi connectivity index (χ0) is 19.8. The summed E-state index contributed by atoms with van der Waals surface area (Å²) in [5.41, 5.74) is 1.09. The standard InChI is InChI=1S/C18H17F3N2O3S/c1-27(25,26)23-10-2-3-13-11-15(8-9-16(13)23)22-17(24)12-4-6-14(7-5-12)18(19,20)21/h4-9,11H,2-3,10H2,1H3,(H,22,24). The molecule has 1 N–H and O–H groups in total. The normalized spacial score (nSPS) is 14.6. The number of rotatable bonds is 3. The summed E-state index contributed by atoms with van der Waals surface area (Å²) in [4.78, 5) is 12.3. The Kier molecular flexibility index (Phi) is 4.90. The summed E-state index contributed by atoms with van der Waals surface area (Å²) in [6.07, 6.45) is -1.98. The van der Waals surface area contributed by atoms with Crippen LogP contribution in [0.25, 0.3) is 0 Å². The predicted octanol–water partition coefficient (Wildman–Crippen LogP) is 3.67. The van der Waals surface area contributed by atoms with Crippen molar-refractivity contribution in [2.75, 3.05) is 22.4 Å². The monoisotopic (exact) mass is 398 g/mol. The van der Waals surface area contributed by atoms with E-state index in [2.05, 4.69) is 5.32 Å². The molecule has 0 atom stereocenters. The molecule has 1 aliphatic rings. The third kappa shape index (κ3) is 4.24. The fourth-order valence-corrected chi connectivity index (χ4v) is 3.99. The van der Waals surface area contributed by atoms with Gasteiger partial charge in [0.1, 0.15) is 0 Å². The molecule has 0 radical (unpaired) electrons. The Balaban J connectivity index is 1.79. The fourth-order valence-electron chi connectivity index (χ4n) is 3.00. The first-order chi connectivity index (χ1) is 12.6. The van der Waals surface area contributed by atoms with E-state index in [0.29, 0.717) is 30.8 Å². The highest BCUT2D eigenvalue weighted by Gasteiger charge is 2.30. The largest absolute Gasteiger partial charge is 0.416 e. The van der Waals surface area contributed by atoms with Crippen LogP contribution in [-0.4, -0.2) is 27.1 Å². The molecule has 144 valence electrons. The van der Waals surface area contributed by atoms with E-state index < -0.39 is 27.7 Å². The molecule has 9 heteroatoms. The van der Waals surface area contributed by atoms with Gasteiger partial charge in [-0.1, -0.05) is 0 Å². The predicted molar refractivity (Wildman–Crippen MR) is 96.4 cm³/mol. The highest BCUT2D eigenvalue weighted by atomic mass is 32.2. The van der Waals surface area contributed by atoms with E-state index >= 15 is 0 Å². The SMILES string of the molecule is CS(=O)(=O)N1CCCc2cc(NC(=O)c3ccc(C(F)(F)F)cc3)ccc21. The van der Waals surface area contributed by atoms with E-state index in [9.17, 15) is 26.4 Å². The topological polar surface area (TPSA) is 66.5 Å². The van der Waals surface area contributed by atoms with E-state index in [0.717, 1.165) is 36.1 Å². The molecule has 5 nitrogen and oxygen atoms in total. The number of fused-ring (bicyclic) bond motifs is 1. The molecule has 0 saturated carbocycles. The summed E-state index contributed by atoms with van der Waals surface area (Å²) < 4.78 is 62.9. The number of sulfonamides is 1. The van der Waals surface area contributed by atoms with Gasteiger partial charge in [0.2, 0.25) is 10.0 Å². The maximum absolute atomic E-state index is 12.6. The van der Waals surface area contributed by atoms with E-state index in [1.807, 2.05) is 0 Å². The summed E-state index contributed by atoms with van der Waals surface area (Å²) in [5, 5.41) is 2.63. The second-order valence-electron chi connectivity index (χ2n) is 6.31. The number of hydrogen-bond donors (Lipinski definition) is 1. The third-order valence-electron chi connectivity index (χ3n) is 4.29. The second-order valence-corrected chi connectivity index (χ2v) is 8.22. The molecule has 0 aliphatic carbocycles. The van der Waals surface area contributed by atoms with Crippen LogP contribution in [0.3, 0.4) is 0 Å². The number of benzene rings is 2.